The number of fused-ring (bicyclic) bond motifs is 2. The predicted octanol–water partition coefficient (Wildman–Crippen LogP) is 4.34. The highest BCUT2D eigenvalue weighted by Gasteiger charge is 2.43. The summed E-state index contributed by atoms with van der Waals surface area (Å²) >= 11 is 0. The molecule has 3 aliphatic heterocycles. The number of ether oxygens (including phenoxy) is 1. The molecule has 1 spiro atoms. The largest absolute Gasteiger partial charge is 0.372 e. The summed E-state index contributed by atoms with van der Waals surface area (Å²) in [6, 6.07) is 16.7. The molecular formula is C24H28N2O2. The molecule has 2 saturated heterocycles. The third-order valence-corrected chi connectivity index (χ3v) is 6.71. The maximum Gasteiger partial charge on any atom is 0.253 e. The van der Waals surface area contributed by atoms with Crippen molar-refractivity contribution >= 4 is 11.6 Å². The van der Waals surface area contributed by atoms with Gasteiger partial charge >= 0.3 is 0 Å². The van der Waals surface area contributed by atoms with Crippen LogP contribution in [0.4, 0.5) is 5.69 Å². The van der Waals surface area contributed by atoms with Gasteiger partial charge in [0.2, 0.25) is 0 Å². The van der Waals surface area contributed by atoms with Gasteiger partial charge in [0.1, 0.15) is 0 Å². The highest BCUT2D eigenvalue weighted by molar-refractivity contribution is 5.94. The van der Waals surface area contributed by atoms with Gasteiger partial charge in [-0.2, -0.15) is 0 Å². The van der Waals surface area contributed by atoms with E-state index in [1.165, 1.54) is 36.1 Å². The second-order valence-electron chi connectivity index (χ2n) is 8.33. The van der Waals surface area contributed by atoms with E-state index in [4.69, 9.17) is 4.74 Å². The maximum atomic E-state index is 13.0. The summed E-state index contributed by atoms with van der Waals surface area (Å²) in [4.78, 5) is 17.4. The van der Waals surface area contributed by atoms with Crippen molar-refractivity contribution in [1.29, 1.82) is 0 Å². The van der Waals surface area contributed by atoms with Crippen molar-refractivity contribution in [2.24, 2.45) is 0 Å². The van der Waals surface area contributed by atoms with Crippen LogP contribution in [0, 0.1) is 0 Å². The highest BCUT2D eigenvalue weighted by atomic mass is 16.5. The van der Waals surface area contributed by atoms with Crippen molar-refractivity contribution in [3.63, 3.8) is 0 Å². The van der Waals surface area contributed by atoms with Gasteiger partial charge in [-0.15, -0.1) is 0 Å². The number of carbonyl (C=O) groups excluding carboxylic acids is 1. The average Bonchev–Trinajstić information content (AvgIpc) is 3.13. The quantitative estimate of drug-likeness (QED) is 0.782. The molecule has 2 aromatic carbocycles. The molecule has 0 bridgehead atoms. The minimum absolute atomic E-state index is 0.145. The Morgan fingerprint density at radius 3 is 2.32 bits per heavy atom. The minimum Gasteiger partial charge on any atom is -0.372 e. The van der Waals surface area contributed by atoms with Crippen molar-refractivity contribution in [2.45, 2.75) is 44.3 Å². The van der Waals surface area contributed by atoms with Crippen molar-refractivity contribution in [1.82, 2.24) is 4.90 Å². The zero-order chi connectivity index (χ0) is 19.0. The lowest BCUT2D eigenvalue weighted by Crippen LogP contribution is -2.45. The second-order valence-corrected chi connectivity index (χ2v) is 8.33. The van der Waals surface area contributed by atoms with Gasteiger partial charge in [-0.1, -0.05) is 24.3 Å². The van der Waals surface area contributed by atoms with Crippen LogP contribution in [0.2, 0.25) is 0 Å². The topological polar surface area (TPSA) is 32.8 Å². The van der Waals surface area contributed by atoms with Crippen LogP contribution >= 0.6 is 0 Å². The first-order valence-corrected chi connectivity index (χ1v) is 10.6. The summed E-state index contributed by atoms with van der Waals surface area (Å²) in [6.45, 7) is 4.45. The molecule has 5 rings (SSSR count). The van der Waals surface area contributed by atoms with Gasteiger partial charge in [-0.3, -0.25) is 4.79 Å². The number of amides is 1. The molecule has 0 N–H and O–H groups in total. The number of likely N-dealkylation sites (tertiary alicyclic amines) is 1. The van der Waals surface area contributed by atoms with E-state index in [9.17, 15) is 4.79 Å². The van der Waals surface area contributed by atoms with Crippen molar-refractivity contribution in [2.75, 3.05) is 31.1 Å². The van der Waals surface area contributed by atoms with Crippen LogP contribution in [0.25, 0.3) is 0 Å². The van der Waals surface area contributed by atoms with Gasteiger partial charge in [0.05, 0.1) is 12.2 Å². The Morgan fingerprint density at radius 1 is 0.857 bits per heavy atom. The third-order valence-electron chi connectivity index (χ3n) is 6.71. The molecule has 0 aliphatic carbocycles. The number of anilines is 1. The highest BCUT2D eigenvalue weighted by Crippen LogP contribution is 2.44. The van der Waals surface area contributed by atoms with Gasteiger partial charge in [0.15, 0.2) is 0 Å². The molecule has 0 atom stereocenters. The fraction of sp³-hybridized carbons (Fsp3) is 0.458. The lowest BCUT2D eigenvalue weighted by Gasteiger charge is -2.39. The van der Waals surface area contributed by atoms with E-state index in [0.717, 1.165) is 44.6 Å². The molecule has 1 amide bonds. The first-order chi connectivity index (χ1) is 13.8. The molecule has 3 heterocycles. The molecule has 0 saturated carbocycles. The van der Waals surface area contributed by atoms with E-state index in [2.05, 4.69) is 41.3 Å². The van der Waals surface area contributed by atoms with Gasteiger partial charge < -0.3 is 14.5 Å². The van der Waals surface area contributed by atoms with Crippen molar-refractivity contribution in [3.8, 4) is 0 Å². The Labute approximate surface area is 167 Å². The van der Waals surface area contributed by atoms with Gasteiger partial charge in [-0.25, -0.2) is 0 Å². The fourth-order valence-corrected chi connectivity index (χ4v) is 5.02. The average molecular weight is 377 g/mol. The van der Waals surface area contributed by atoms with Crippen LogP contribution in [-0.4, -0.2) is 37.0 Å². The number of hydrogen-bond acceptors (Lipinski definition) is 3. The smallest absolute Gasteiger partial charge is 0.253 e. The van der Waals surface area contributed by atoms with Crippen molar-refractivity contribution in [3.05, 3.63) is 65.2 Å². The molecule has 146 valence electrons. The summed E-state index contributed by atoms with van der Waals surface area (Å²) in [6.07, 6.45) is 5.61. The third kappa shape index (κ3) is 3.10. The number of carbonyl (C=O) groups is 1. The molecule has 4 heteroatoms. The zero-order valence-electron chi connectivity index (χ0n) is 16.4. The number of piperidine rings is 2. The lowest BCUT2D eigenvalue weighted by atomic mass is 9.83. The molecular weight excluding hydrogens is 348 g/mol. The Bertz CT molecular complexity index is 847. The molecule has 28 heavy (non-hydrogen) atoms. The van der Waals surface area contributed by atoms with E-state index >= 15 is 0 Å². The first kappa shape index (κ1) is 17.7. The minimum atomic E-state index is -0.189. The Balaban J connectivity index is 1.25. The summed E-state index contributed by atoms with van der Waals surface area (Å²) in [5, 5.41) is 0. The zero-order valence-corrected chi connectivity index (χ0v) is 16.4. The Morgan fingerprint density at radius 2 is 1.57 bits per heavy atom. The Hall–Kier alpha value is -2.33. The number of nitrogens with zero attached hydrogens (tertiary/aromatic N) is 2. The SMILES string of the molecule is O=C(c1ccc(N2CCCCC2)cc1)N1CCC2(CC1)OCc1ccccc12. The van der Waals surface area contributed by atoms with E-state index in [1.54, 1.807) is 0 Å². The van der Waals surface area contributed by atoms with E-state index < -0.39 is 0 Å². The van der Waals surface area contributed by atoms with Crippen LogP contribution in [-0.2, 0) is 16.9 Å². The lowest BCUT2D eigenvalue weighted by molar-refractivity contribution is -0.0741. The summed E-state index contributed by atoms with van der Waals surface area (Å²) in [5.74, 6) is 0.145. The number of benzene rings is 2. The monoisotopic (exact) mass is 376 g/mol. The molecule has 0 aromatic heterocycles. The van der Waals surface area contributed by atoms with Gasteiger partial charge in [0, 0.05) is 37.4 Å². The molecule has 3 aliphatic rings. The van der Waals surface area contributed by atoms with Gasteiger partial charge in [-0.05, 0) is 67.5 Å². The number of hydrogen-bond donors (Lipinski definition) is 0. The standard InChI is InChI=1S/C24H28N2O2/c27-23(19-8-10-21(11-9-19)25-14-4-1-5-15-25)26-16-12-24(13-17-26)22-7-3-2-6-20(22)18-28-24/h2-3,6-11H,1,4-5,12-18H2. The molecule has 2 fully saturated rings. The number of rotatable bonds is 2. The van der Waals surface area contributed by atoms with E-state index in [0.29, 0.717) is 6.61 Å². The second kappa shape index (κ2) is 7.25. The van der Waals surface area contributed by atoms with E-state index in [1.807, 2.05) is 17.0 Å². The first-order valence-electron chi connectivity index (χ1n) is 10.6. The van der Waals surface area contributed by atoms with E-state index in [-0.39, 0.29) is 11.5 Å². The summed E-state index contributed by atoms with van der Waals surface area (Å²) in [5.41, 5.74) is 4.48. The van der Waals surface area contributed by atoms with Gasteiger partial charge in [0.25, 0.3) is 5.91 Å². The van der Waals surface area contributed by atoms with Crippen molar-refractivity contribution < 1.29 is 9.53 Å². The van der Waals surface area contributed by atoms with Crippen LogP contribution < -0.4 is 4.90 Å². The maximum absolute atomic E-state index is 13.0. The summed E-state index contributed by atoms with van der Waals surface area (Å²) < 4.78 is 6.23. The molecule has 0 unspecified atom stereocenters. The fourth-order valence-electron chi connectivity index (χ4n) is 5.02. The van der Waals surface area contributed by atoms with Crippen LogP contribution in [0.1, 0.15) is 53.6 Å². The van der Waals surface area contributed by atoms with Crippen LogP contribution in [0.5, 0.6) is 0 Å². The van der Waals surface area contributed by atoms with Crippen LogP contribution in [0.15, 0.2) is 48.5 Å². The Kier molecular flexibility index (Phi) is 4.59. The predicted molar refractivity (Wildman–Crippen MR) is 111 cm³/mol. The molecule has 2 aromatic rings. The summed E-state index contributed by atoms with van der Waals surface area (Å²) in [7, 11) is 0. The normalized spacial score (nSPS) is 21.0. The van der Waals surface area contributed by atoms with Crippen LogP contribution in [0.3, 0.4) is 0 Å². The molecule has 4 nitrogen and oxygen atoms in total. The molecule has 0 radical (unpaired) electrons.